The van der Waals surface area contributed by atoms with Gasteiger partial charge >= 0.3 is 0 Å². The van der Waals surface area contributed by atoms with Crippen LogP contribution in [0, 0.1) is 6.92 Å². The van der Waals surface area contributed by atoms with Crippen molar-refractivity contribution in [2.24, 2.45) is 0 Å². The molecule has 23 heavy (non-hydrogen) atoms. The summed E-state index contributed by atoms with van der Waals surface area (Å²) in [5.74, 6) is 1.64. The fraction of sp³-hybridized carbons (Fsp3) is 0.111. The molecular formula is C18H20N4O. The van der Waals surface area contributed by atoms with Crippen LogP contribution in [0.4, 0.5) is 11.6 Å². The van der Waals surface area contributed by atoms with Crippen LogP contribution in [0.2, 0.25) is 0 Å². The Kier molecular flexibility index (Phi) is 5.94. The Morgan fingerprint density at radius 3 is 2.30 bits per heavy atom. The van der Waals surface area contributed by atoms with Crippen LogP contribution in [0.3, 0.4) is 0 Å². The summed E-state index contributed by atoms with van der Waals surface area (Å²) in [6, 6.07) is 17.3. The van der Waals surface area contributed by atoms with Crippen molar-refractivity contribution in [2.75, 3.05) is 11.5 Å². The van der Waals surface area contributed by atoms with Crippen LogP contribution < -0.4 is 16.2 Å². The largest absolute Gasteiger partial charge is 0.485 e. The van der Waals surface area contributed by atoms with Crippen molar-refractivity contribution in [1.82, 2.24) is 9.97 Å². The maximum absolute atomic E-state index is 5.65. The van der Waals surface area contributed by atoms with Crippen LogP contribution in [0.15, 0.2) is 67.0 Å². The van der Waals surface area contributed by atoms with Gasteiger partial charge in [0.2, 0.25) is 0 Å². The predicted molar refractivity (Wildman–Crippen MR) is 92.8 cm³/mol. The number of aromatic nitrogens is 2. The van der Waals surface area contributed by atoms with E-state index in [2.05, 4.69) is 9.97 Å². The molecule has 0 unspecified atom stereocenters. The molecule has 0 aliphatic carbocycles. The normalized spacial score (nSPS) is 9.61. The highest BCUT2D eigenvalue weighted by molar-refractivity contribution is 5.44. The molecule has 0 atom stereocenters. The van der Waals surface area contributed by atoms with Crippen molar-refractivity contribution in [1.29, 1.82) is 0 Å². The number of anilines is 2. The smallest absolute Gasteiger partial charge is 0.166 e. The van der Waals surface area contributed by atoms with Gasteiger partial charge in [0.15, 0.2) is 11.6 Å². The molecule has 0 amide bonds. The first kappa shape index (κ1) is 16.3. The van der Waals surface area contributed by atoms with Gasteiger partial charge in [-0.15, -0.1) is 0 Å². The summed E-state index contributed by atoms with van der Waals surface area (Å²) in [5, 5.41) is 0. The van der Waals surface area contributed by atoms with E-state index in [1.54, 1.807) is 18.5 Å². The summed E-state index contributed by atoms with van der Waals surface area (Å²) in [6.07, 6.45) is 3.34. The maximum Gasteiger partial charge on any atom is 0.166 e. The van der Waals surface area contributed by atoms with Crippen molar-refractivity contribution in [3.8, 4) is 5.75 Å². The van der Waals surface area contributed by atoms with E-state index < -0.39 is 0 Å². The molecule has 2 aromatic heterocycles. The summed E-state index contributed by atoms with van der Waals surface area (Å²) < 4.78 is 5.54. The summed E-state index contributed by atoms with van der Waals surface area (Å²) in [4.78, 5) is 7.76. The molecule has 0 bridgehead atoms. The van der Waals surface area contributed by atoms with Gasteiger partial charge in [-0.2, -0.15) is 0 Å². The minimum atomic E-state index is 0.424. The molecule has 5 heteroatoms. The average Bonchev–Trinajstić information content (AvgIpc) is 2.55. The lowest BCUT2D eigenvalue weighted by molar-refractivity contribution is 0.307. The van der Waals surface area contributed by atoms with Crippen molar-refractivity contribution in [3.63, 3.8) is 0 Å². The molecule has 0 fully saturated rings. The molecule has 118 valence electrons. The Bertz CT molecular complexity index is 715. The zero-order valence-corrected chi connectivity index (χ0v) is 13.0. The van der Waals surface area contributed by atoms with Gasteiger partial charge in [-0.05, 0) is 42.3 Å². The number of nitrogen functional groups attached to an aromatic ring is 2. The molecule has 0 radical (unpaired) electrons. The Morgan fingerprint density at radius 1 is 0.913 bits per heavy atom. The zero-order valence-electron chi connectivity index (χ0n) is 13.0. The molecule has 3 aromatic rings. The van der Waals surface area contributed by atoms with Gasteiger partial charge in [-0.1, -0.05) is 30.3 Å². The number of benzene rings is 1. The predicted octanol–water partition coefficient (Wildman–Crippen LogP) is 3.22. The van der Waals surface area contributed by atoms with Gasteiger partial charge in [-0.25, -0.2) is 9.97 Å². The van der Waals surface area contributed by atoms with Crippen LogP contribution in [-0.2, 0) is 6.61 Å². The first-order chi connectivity index (χ1) is 11.1. The third-order valence-corrected chi connectivity index (χ3v) is 2.97. The number of pyridine rings is 2. The lowest BCUT2D eigenvalue weighted by Gasteiger charge is -2.07. The molecule has 0 saturated heterocycles. The highest BCUT2D eigenvalue weighted by Crippen LogP contribution is 2.18. The second-order valence-corrected chi connectivity index (χ2v) is 4.92. The third-order valence-electron chi connectivity index (χ3n) is 2.97. The van der Waals surface area contributed by atoms with E-state index in [0.717, 1.165) is 11.1 Å². The Morgan fingerprint density at radius 2 is 1.70 bits per heavy atom. The monoisotopic (exact) mass is 308 g/mol. The highest BCUT2D eigenvalue weighted by atomic mass is 16.5. The molecule has 0 aliphatic rings. The lowest BCUT2D eigenvalue weighted by atomic mass is 10.2. The number of rotatable bonds is 3. The van der Waals surface area contributed by atoms with Crippen molar-refractivity contribution in [3.05, 3.63) is 78.1 Å². The van der Waals surface area contributed by atoms with E-state index >= 15 is 0 Å². The van der Waals surface area contributed by atoms with E-state index in [4.69, 9.17) is 16.2 Å². The second kappa shape index (κ2) is 8.38. The molecule has 5 nitrogen and oxygen atoms in total. The fourth-order valence-electron chi connectivity index (χ4n) is 1.82. The van der Waals surface area contributed by atoms with Crippen LogP contribution in [0.25, 0.3) is 0 Å². The first-order valence-corrected chi connectivity index (χ1v) is 7.20. The second-order valence-electron chi connectivity index (χ2n) is 4.92. The van der Waals surface area contributed by atoms with Crippen molar-refractivity contribution >= 4 is 11.6 Å². The number of aryl methyl sites for hydroxylation is 1. The summed E-state index contributed by atoms with van der Waals surface area (Å²) >= 11 is 0. The van der Waals surface area contributed by atoms with Gasteiger partial charge in [0.1, 0.15) is 12.4 Å². The van der Waals surface area contributed by atoms with E-state index in [1.165, 1.54) is 0 Å². The fourth-order valence-corrected chi connectivity index (χ4v) is 1.82. The van der Waals surface area contributed by atoms with Crippen molar-refractivity contribution in [2.45, 2.75) is 13.5 Å². The molecule has 0 spiro atoms. The van der Waals surface area contributed by atoms with E-state index in [-0.39, 0.29) is 0 Å². The lowest BCUT2D eigenvalue weighted by Crippen LogP contribution is -1.99. The number of hydrogen-bond donors (Lipinski definition) is 2. The average molecular weight is 308 g/mol. The Hall–Kier alpha value is -3.08. The summed E-state index contributed by atoms with van der Waals surface area (Å²) in [7, 11) is 0. The molecule has 2 heterocycles. The van der Waals surface area contributed by atoms with Crippen LogP contribution in [0.1, 0.15) is 11.1 Å². The number of ether oxygens (including phenoxy) is 1. The first-order valence-electron chi connectivity index (χ1n) is 7.20. The van der Waals surface area contributed by atoms with Crippen LogP contribution in [0.5, 0.6) is 5.75 Å². The van der Waals surface area contributed by atoms with Gasteiger partial charge < -0.3 is 16.2 Å². The SMILES string of the molecule is Cc1ccnc(N)c1.Nc1ncccc1OCc1ccccc1. The highest BCUT2D eigenvalue weighted by Gasteiger charge is 1.99. The third kappa shape index (κ3) is 5.67. The van der Waals surface area contributed by atoms with Gasteiger partial charge in [-0.3, -0.25) is 0 Å². The number of nitrogens with two attached hydrogens (primary N) is 2. The molecule has 0 saturated carbocycles. The van der Waals surface area contributed by atoms with Crippen LogP contribution >= 0.6 is 0 Å². The quantitative estimate of drug-likeness (QED) is 0.775. The zero-order chi connectivity index (χ0) is 16.5. The van der Waals surface area contributed by atoms with E-state index in [1.807, 2.05) is 55.5 Å². The maximum atomic E-state index is 5.65. The standard InChI is InChI=1S/C12H12N2O.C6H8N2/c13-12-11(7-4-8-14-12)15-9-10-5-2-1-3-6-10;1-5-2-3-8-6(7)4-5/h1-8H,9H2,(H2,13,14);2-4H,1H3,(H2,7,8). The van der Waals surface area contributed by atoms with Gasteiger partial charge in [0, 0.05) is 12.4 Å². The topological polar surface area (TPSA) is 87.0 Å². The summed E-state index contributed by atoms with van der Waals surface area (Å²) in [5.41, 5.74) is 13.3. The molecule has 1 aromatic carbocycles. The Labute approximate surface area is 136 Å². The molecule has 4 N–H and O–H groups in total. The molecular weight excluding hydrogens is 288 g/mol. The van der Waals surface area contributed by atoms with Crippen LogP contribution in [-0.4, -0.2) is 9.97 Å². The van der Waals surface area contributed by atoms with E-state index in [0.29, 0.717) is 24.0 Å². The molecule has 0 aliphatic heterocycles. The summed E-state index contributed by atoms with van der Waals surface area (Å²) in [6.45, 7) is 2.49. The van der Waals surface area contributed by atoms with Crippen molar-refractivity contribution < 1.29 is 4.74 Å². The van der Waals surface area contributed by atoms with E-state index in [9.17, 15) is 0 Å². The van der Waals surface area contributed by atoms with Gasteiger partial charge in [0.25, 0.3) is 0 Å². The number of nitrogens with zero attached hydrogens (tertiary/aromatic N) is 2. The number of hydrogen-bond acceptors (Lipinski definition) is 5. The van der Waals surface area contributed by atoms with Gasteiger partial charge in [0.05, 0.1) is 0 Å². The molecule has 3 rings (SSSR count). The minimum absolute atomic E-state index is 0.424. The minimum Gasteiger partial charge on any atom is -0.485 e. The Balaban J connectivity index is 0.000000203.